The van der Waals surface area contributed by atoms with Crippen LogP contribution in [0.3, 0.4) is 0 Å². The summed E-state index contributed by atoms with van der Waals surface area (Å²) in [5.41, 5.74) is 10.7. The molecule has 0 atom stereocenters. The van der Waals surface area contributed by atoms with Gasteiger partial charge in [-0.2, -0.15) is 0 Å². The van der Waals surface area contributed by atoms with E-state index in [0.29, 0.717) is 52.9 Å². The van der Waals surface area contributed by atoms with Crippen molar-refractivity contribution >= 4 is 5.69 Å². The van der Waals surface area contributed by atoms with E-state index in [1.54, 1.807) is 6.20 Å². The van der Waals surface area contributed by atoms with Crippen LogP contribution in [0.25, 0.3) is 34.0 Å². The molecule has 0 radical (unpaired) electrons. The van der Waals surface area contributed by atoms with E-state index in [1.165, 1.54) is 0 Å². The molecule has 1 fully saturated rings. The molecule has 0 bridgehead atoms. The van der Waals surface area contributed by atoms with E-state index >= 15 is 0 Å². The van der Waals surface area contributed by atoms with Gasteiger partial charge in [0, 0.05) is 25.0 Å². The molecule has 7 aromatic rings. The van der Waals surface area contributed by atoms with Crippen molar-refractivity contribution in [3.8, 4) is 34.0 Å². The number of nitrogens with zero attached hydrogens (tertiary/aromatic N) is 8. The summed E-state index contributed by atoms with van der Waals surface area (Å²) >= 11 is 0. The summed E-state index contributed by atoms with van der Waals surface area (Å²) in [4.78, 5) is 6.61. The zero-order chi connectivity index (χ0) is 40.4. The second kappa shape index (κ2) is 24.0. The molecule has 1 aliphatic rings. The number of hydrogen-bond acceptors (Lipinski definition) is 9. The molecule has 0 amide bonds. The first kappa shape index (κ1) is 44.8. The third kappa shape index (κ3) is 13.9. The Labute approximate surface area is 360 Å². The number of anilines is 1. The fourth-order valence-electron chi connectivity index (χ4n) is 6.17. The first-order valence-corrected chi connectivity index (χ1v) is 19.5. The summed E-state index contributed by atoms with van der Waals surface area (Å²) < 4.78 is 26.2. The molecule has 0 saturated carbocycles. The topological polar surface area (TPSA) is 116 Å². The van der Waals surface area contributed by atoms with Gasteiger partial charge < -0.3 is 46.2 Å². The maximum atomic E-state index is 5.73. The Balaban J connectivity index is 0.000000200. The molecule has 1 saturated heterocycles. The van der Waals surface area contributed by atoms with Gasteiger partial charge in [0.15, 0.2) is 0 Å². The molecule has 1 aliphatic heterocycles. The number of aryl methyl sites for hydroxylation is 4. The van der Waals surface area contributed by atoms with E-state index in [-0.39, 0.29) is 20.1 Å². The molecule has 4 aromatic heterocycles. The molecule has 8 rings (SSSR count). The second-order valence-electron chi connectivity index (χ2n) is 13.4. The van der Waals surface area contributed by atoms with Gasteiger partial charge in [-0.25, -0.2) is 10.2 Å². The van der Waals surface area contributed by atoms with E-state index in [2.05, 4.69) is 66.7 Å². The first-order valence-electron chi connectivity index (χ1n) is 19.5. The Morgan fingerprint density at radius 3 is 1.44 bits per heavy atom. The Morgan fingerprint density at radius 2 is 1.00 bits per heavy atom. The number of pyridine rings is 1. The molecule has 0 N–H and O–H groups in total. The van der Waals surface area contributed by atoms with E-state index < -0.39 is 0 Å². The standard InChI is InChI=1S/C24H29N4O4.2C11H11N2.Ir/c1-2-8-25-22(3-1)24-19-23(26-27-24)20-4-6-21(7-5-20)28-9-11-29-13-15-31-17-18-32-16-14-30-12-10-28;2*1-9-8-10(2)13(12-9)11-6-4-3-5-7-11;/h1-8,19H,9-18H2;2*3-7H,1-2H3;/q3*-1;+3. The van der Waals surface area contributed by atoms with Crippen LogP contribution in [0.5, 0.6) is 0 Å². The summed E-state index contributed by atoms with van der Waals surface area (Å²) in [5.74, 6) is 0. The molecule has 3 aromatic carbocycles. The Kier molecular flexibility index (Phi) is 18.2. The molecule has 308 valence electrons. The average molecular weight is 972 g/mol. The molecule has 0 spiro atoms. The molecule has 0 aliphatic carbocycles. The van der Waals surface area contributed by atoms with Crippen molar-refractivity contribution in [2.75, 3.05) is 70.8 Å². The average Bonchev–Trinajstić information content (AvgIpc) is 3.98. The predicted octanol–water partition coefficient (Wildman–Crippen LogP) is 7.23. The van der Waals surface area contributed by atoms with Crippen LogP contribution in [0.4, 0.5) is 5.69 Å². The van der Waals surface area contributed by atoms with E-state index in [9.17, 15) is 0 Å². The largest absolute Gasteiger partial charge is 3.00 e. The zero-order valence-electron chi connectivity index (χ0n) is 34.1. The van der Waals surface area contributed by atoms with Gasteiger partial charge in [0.05, 0.1) is 75.6 Å². The van der Waals surface area contributed by atoms with Gasteiger partial charge in [0.25, 0.3) is 0 Å². The van der Waals surface area contributed by atoms with Crippen LogP contribution in [0.15, 0.2) is 115 Å². The molecule has 59 heavy (non-hydrogen) atoms. The summed E-state index contributed by atoms with van der Waals surface area (Å²) in [6.07, 6.45) is 1.76. The number of para-hydroxylation sites is 2. The molecular formula is C46H51IrN8O4. The Morgan fingerprint density at radius 1 is 0.525 bits per heavy atom. The second-order valence-corrected chi connectivity index (χ2v) is 13.4. The quantitative estimate of drug-likeness (QED) is 0.164. The van der Waals surface area contributed by atoms with E-state index in [4.69, 9.17) is 18.9 Å². The van der Waals surface area contributed by atoms with Crippen LogP contribution in [0.1, 0.15) is 22.8 Å². The van der Waals surface area contributed by atoms with Crippen LogP contribution >= 0.6 is 0 Å². The van der Waals surface area contributed by atoms with Gasteiger partial charge in [-0.05, 0) is 60.2 Å². The number of ether oxygens (including phenoxy) is 4. The minimum absolute atomic E-state index is 0. The van der Waals surface area contributed by atoms with Crippen molar-refractivity contribution in [1.82, 2.24) is 34.7 Å². The molecule has 0 unspecified atom stereocenters. The van der Waals surface area contributed by atoms with Crippen molar-refractivity contribution in [2.45, 2.75) is 27.7 Å². The number of rotatable bonds is 5. The van der Waals surface area contributed by atoms with E-state index in [0.717, 1.165) is 75.6 Å². The van der Waals surface area contributed by atoms with Crippen molar-refractivity contribution in [3.05, 3.63) is 150 Å². The molecule has 13 heteroatoms. The normalized spacial score (nSPS) is 14.0. The van der Waals surface area contributed by atoms with Gasteiger partial charge in [-0.3, -0.25) is 14.3 Å². The summed E-state index contributed by atoms with van der Waals surface area (Å²) in [5, 5.41) is 17.3. The van der Waals surface area contributed by atoms with Crippen LogP contribution in [0.2, 0.25) is 0 Å². The molecule has 5 heterocycles. The summed E-state index contributed by atoms with van der Waals surface area (Å²) in [6, 6.07) is 42.6. The fourth-order valence-corrected chi connectivity index (χ4v) is 6.17. The van der Waals surface area contributed by atoms with Crippen LogP contribution in [-0.4, -0.2) is 95.6 Å². The monoisotopic (exact) mass is 972 g/mol. The number of benzene rings is 3. The summed E-state index contributed by atoms with van der Waals surface area (Å²) in [6.45, 7) is 14.2. The molecular weight excluding hydrogens is 921 g/mol. The van der Waals surface area contributed by atoms with E-state index in [1.807, 2.05) is 122 Å². The van der Waals surface area contributed by atoms with Gasteiger partial charge in [-0.15, -0.1) is 28.5 Å². The summed E-state index contributed by atoms with van der Waals surface area (Å²) in [7, 11) is 0. The van der Waals surface area contributed by atoms with Crippen molar-refractivity contribution in [1.29, 1.82) is 0 Å². The third-order valence-corrected chi connectivity index (χ3v) is 8.98. The van der Waals surface area contributed by atoms with Crippen molar-refractivity contribution < 1.29 is 39.1 Å². The van der Waals surface area contributed by atoms with Gasteiger partial charge in [-0.1, -0.05) is 82.3 Å². The molecule has 12 nitrogen and oxygen atoms in total. The Bertz CT molecular complexity index is 2110. The number of hydrogen-bond donors (Lipinski definition) is 0. The third-order valence-electron chi connectivity index (χ3n) is 8.98. The number of aromatic nitrogens is 7. The first-order chi connectivity index (χ1) is 28.4. The minimum Gasteiger partial charge on any atom is -0.574 e. The minimum atomic E-state index is 0. The van der Waals surface area contributed by atoms with Crippen molar-refractivity contribution in [2.24, 2.45) is 0 Å². The van der Waals surface area contributed by atoms with Gasteiger partial charge in [0.1, 0.15) is 0 Å². The smallest absolute Gasteiger partial charge is 0.574 e. The van der Waals surface area contributed by atoms with Crippen LogP contribution < -0.4 is 10.00 Å². The maximum absolute atomic E-state index is 5.73. The fraction of sp³-hybridized carbons (Fsp3) is 0.304. The predicted molar refractivity (Wildman–Crippen MR) is 225 cm³/mol. The van der Waals surface area contributed by atoms with Gasteiger partial charge >= 0.3 is 20.1 Å². The van der Waals surface area contributed by atoms with Gasteiger partial charge in [0.2, 0.25) is 0 Å². The maximum Gasteiger partial charge on any atom is 3.00 e. The Hall–Kier alpha value is -5.27. The van der Waals surface area contributed by atoms with Crippen LogP contribution in [-0.2, 0) is 39.1 Å². The van der Waals surface area contributed by atoms with Crippen molar-refractivity contribution in [3.63, 3.8) is 0 Å². The SMILES string of the molecule is Cc1[c-]c(C)n(-c2ccccc2)n1.Cc1[c-]c(C)n(-c2ccccc2)n1.[Ir+3].c1ccc(-c2cc(-c3ccc(N4CCOCCOCCOCCOCC4)cc3)[n-]n2)nc1. The van der Waals surface area contributed by atoms with Crippen LogP contribution in [0, 0.1) is 39.8 Å². The zero-order valence-corrected chi connectivity index (χ0v) is 36.5.